The highest BCUT2D eigenvalue weighted by atomic mass is 79.9. The van der Waals surface area contributed by atoms with E-state index in [1.54, 1.807) is 30.3 Å². The number of benzene rings is 2. The van der Waals surface area contributed by atoms with Crippen LogP contribution in [0.5, 0.6) is 5.88 Å². The number of azo groups is 1. The van der Waals surface area contributed by atoms with Crippen LogP contribution < -0.4 is 5.56 Å². The highest BCUT2D eigenvalue weighted by Crippen LogP contribution is 2.42. The summed E-state index contributed by atoms with van der Waals surface area (Å²) in [6.45, 7) is 3.64. The second kappa shape index (κ2) is 9.68. The van der Waals surface area contributed by atoms with Crippen LogP contribution in [0.15, 0.2) is 54.3 Å². The minimum atomic E-state index is -0.606. The number of carbonyl (C=O) groups is 2. The second-order valence-electron chi connectivity index (χ2n) is 7.94. The molecule has 176 valence electrons. The molecule has 0 saturated heterocycles. The van der Waals surface area contributed by atoms with Gasteiger partial charge in [-0.1, -0.05) is 37.6 Å². The van der Waals surface area contributed by atoms with Crippen molar-refractivity contribution in [1.29, 1.82) is 5.26 Å². The third kappa shape index (κ3) is 4.05. The fourth-order valence-corrected chi connectivity index (χ4v) is 5.40. The molecule has 4 rings (SSSR count). The number of fused-ring (bicyclic) bond motifs is 2. The molecule has 1 aromatic heterocycles. The first kappa shape index (κ1) is 24.7. The summed E-state index contributed by atoms with van der Waals surface area (Å²) in [6, 6.07) is 10.0. The quantitative estimate of drug-likeness (QED) is 0.272. The molecule has 3 aromatic rings. The number of ketones is 2. The highest BCUT2D eigenvalue weighted by Gasteiger charge is 2.34. The Bertz CT molecular complexity index is 1550. The fraction of sp³-hybridized carbons (Fsp3) is 0.200. The van der Waals surface area contributed by atoms with Crippen molar-refractivity contribution in [3.8, 4) is 11.9 Å². The van der Waals surface area contributed by atoms with Crippen molar-refractivity contribution in [3.05, 3.63) is 83.0 Å². The van der Waals surface area contributed by atoms with Crippen LogP contribution in [-0.4, -0.2) is 21.2 Å². The minimum absolute atomic E-state index is 0.0574. The topological polar surface area (TPSA) is 125 Å². The van der Waals surface area contributed by atoms with Gasteiger partial charge in [-0.05, 0) is 51.3 Å². The summed E-state index contributed by atoms with van der Waals surface area (Å²) in [6.07, 6.45) is 1.38. The van der Waals surface area contributed by atoms with Gasteiger partial charge in [-0.25, -0.2) is 0 Å². The largest absolute Gasteiger partial charge is 0.493 e. The Morgan fingerprint density at radius 1 is 1.00 bits per heavy atom. The SMILES string of the molecule is CCCCn1c(O)c(C#N)c(C)c(N=Nc2c(Br)cc(Br)c3c2C(=O)c2ccccc2C3=O)c1=O. The summed E-state index contributed by atoms with van der Waals surface area (Å²) in [5, 5.41) is 28.3. The molecule has 0 aliphatic heterocycles. The van der Waals surface area contributed by atoms with Crippen LogP contribution >= 0.6 is 31.9 Å². The lowest BCUT2D eigenvalue weighted by Gasteiger charge is -2.20. The van der Waals surface area contributed by atoms with E-state index >= 15 is 0 Å². The van der Waals surface area contributed by atoms with E-state index in [-0.39, 0.29) is 51.5 Å². The van der Waals surface area contributed by atoms with E-state index in [0.29, 0.717) is 20.9 Å². The van der Waals surface area contributed by atoms with Crippen molar-refractivity contribution < 1.29 is 14.7 Å². The van der Waals surface area contributed by atoms with Crippen LogP contribution in [0.25, 0.3) is 0 Å². The number of rotatable bonds is 5. The number of aromatic hydroxyl groups is 1. The van der Waals surface area contributed by atoms with Gasteiger partial charge in [0.1, 0.15) is 17.3 Å². The number of unbranched alkanes of at least 4 members (excludes halogenated alkanes) is 1. The van der Waals surface area contributed by atoms with Crippen LogP contribution in [0.1, 0.15) is 62.7 Å². The van der Waals surface area contributed by atoms with E-state index in [9.17, 15) is 24.8 Å². The summed E-state index contributed by atoms with van der Waals surface area (Å²) in [5.74, 6) is -1.14. The Kier molecular flexibility index (Phi) is 6.83. The Morgan fingerprint density at radius 2 is 1.60 bits per heavy atom. The predicted octanol–water partition coefficient (Wildman–Crippen LogP) is 6.25. The van der Waals surface area contributed by atoms with Crippen molar-refractivity contribution in [3.63, 3.8) is 0 Å². The van der Waals surface area contributed by atoms with Crippen LogP contribution in [0.3, 0.4) is 0 Å². The van der Waals surface area contributed by atoms with Crippen molar-refractivity contribution in [1.82, 2.24) is 4.57 Å². The Labute approximate surface area is 217 Å². The van der Waals surface area contributed by atoms with E-state index in [1.165, 1.54) is 6.92 Å². The second-order valence-corrected chi connectivity index (χ2v) is 9.65. The molecule has 10 heteroatoms. The lowest BCUT2D eigenvalue weighted by molar-refractivity contribution is 0.0979. The van der Waals surface area contributed by atoms with Crippen molar-refractivity contribution in [2.75, 3.05) is 0 Å². The van der Waals surface area contributed by atoms with Crippen LogP contribution in [0.2, 0.25) is 0 Å². The fourth-order valence-electron chi connectivity index (χ4n) is 3.98. The molecule has 0 amide bonds. The summed E-state index contributed by atoms with van der Waals surface area (Å²) in [7, 11) is 0. The van der Waals surface area contributed by atoms with Crippen molar-refractivity contribution >= 4 is 54.8 Å². The molecule has 0 radical (unpaired) electrons. The van der Waals surface area contributed by atoms with E-state index in [0.717, 1.165) is 11.0 Å². The van der Waals surface area contributed by atoms with Gasteiger partial charge in [0.15, 0.2) is 17.3 Å². The van der Waals surface area contributed by atoms with Crippen LogP contribution in [-0.2, 0) is 6.54 Å². The zero-order chi connectivity index (χ0) is 25.4. The van der Waals surface area contributed by atoms with Gasteiger partial charge in [0.05, 0.1) is 11.1 Å². The molecular formula is C25H18Br2N4O4. The standard InChI is InChI=1S/C25H18Br2N4O4/c1-3-4-9-31-24(34)15(11-28)12(2)20(25(31)35)29-30-21-17(27)10-16(26)18-19(21)23(33)14-8-6-5-7-13(14)22(18)32/h5-8,10,34H,3-4,9H2,1-2H3. The van der Waals surface area contributed by atoms with Gasteiger partial charge >= 0.3 is 0 Å². The third-order valence-corrected chi connectivity index (χ3v) is 7.06. The van der Waals surface area contributed by atoms with Crippen molar-refractivity contribution in [2.24, 2.45) is 10.2 Å². The first-order chi connectivity index (χ1) is 16.7. The molecule has 0 spiro atoms. The molecule has 35 heavy (non-hydrogen) atoms. The van der Waals surface area contributed by atoms with Crippen LogP contribution in [0.4, 0.5) is 11.4 Å². The molecule has 0 atom stereocenters. The first-order valence-corrected chi connectivity index (χ1v) is 12.3. The molecule has 1 aliphatic carbocycles. The molecule has 1 N–H and O–H groups in total. The zero-order valence-electron chi connectivity index (χ0n) is 18.7. The smallest absolute Gasteiger partial charge is 0.281 e. The monoisotopic (exact) mass is 596 g/mol. The molecule has 2 aromatic carbocycles. The summed E-state index contributed by atoms with van der Waals surface area (Å²) in [5.41, 5.74) is 0.201. The van der Waals surface area contributed by atoms with E-state index in [2.05, 4.69) is 42.1 Å². The Hall–Kier alpha value is -3.42. The number of halogens is 2. The van der Waals surface area contributed by atoms with Gasteiger partial charge < -0.3 is 5.11 Å². The summed E-state index contributed by atoms with van der Waals surface area (Å²) in [4.78, 5) is 39.7. The number of pyridine rings is 1. The number of nitrogens with zero attached hydrogens (tertiary/aromatic N) is 4. The summed E-state index contributed by atoms with van der Waals surface area (Å²) < 4.78 is 1.90. The average molecular weight is 598 g/mol. The van der Waals surface area contributed by atoms with Crippen molar-refractivity contribution in [2.45, 2.75) is 33.2 Å². The van der Waals surface area contributed by atoms with Gasteiger partial charge in [0.2, 0.25) is 5.88 Å². The number of nitriles is 1. The normalized spacial score (nSPS) is 12.5. The van der Waals surface area contributed by atoms with E-state index < -0.39 is 17.2 Å². The third-order valence-electron chi connectivity index (χ3n) is 5.83. The number of aromatic nitrogens is 1. The van der Waals surface area contributed by atoms with Gasteiger partial charge in [-0.2, -0.15) is 5.26 Å². The first-order valence-electron chi connectivity index (χ1n) is 10.7. The molecule has 0 bridgehead atoms. The lowest BCUT2D eigenvalue weighted by Crippen LogP contribution is -2.22. The molecule has 0 saturated carbocycles. The molecular weight excluding hydrogens is 580 g/mol. The molecule has 0 unspecified atom stereocenters. The Balaban J connectivity index is 1.94. The molecule has 0 fully saturated rings. The highest BCUT2D eigenvalue weighted by molar-refractivity contribution is 9.11. The maximum atomic E-state index is 13.4. The number of carbonyl (C=O) groups excluding carboxylic acids is 2. The molecule has 1 heterocycles. The van der Waals surface area contributed by atoms with Gasteiger partial charge in [0, 0.05) is 32.2 Å². The lowest BCUT2D eigenvalue weighted by atomic mass is 9.83. The van der Waals surface area contributed by atoms with E-state index in [1.807, 2.05) is 13.0 Å². The average Bonchev–Trinajstić information content (AvgIpc) is 2.83. The number of hydrogen-bond donors (Lipinski definition) is 1. The number of hydrogen-bond acceptors (Lipinski definition) is 7. The summed E-state index contributed by atoms with van der Waals surface area (Å²) >= 11 is 6.76. The van der Waals surface area contributed by atoms with E-state index in [4.69, 9.17) is 0 Å². The van der Waals surface area contributed by atoms with Gasteiger partial charge in [-0.3, -0.25) is 19.0 Å². The zero-order valence-corrected chi connectivity index (χ0v) is 21.9. The molecule has 1 aliphatic rings. The maximum absolute atomic E-state index is 13.4. The molecule has 8 nitrogen and oxygen atoms in total. The maximum Gasteiger partial charge on any atom is 0.281 e. The predicted molar refractivity (Wildman–Crippen MR) is 136 cm³/mol. The Morgan fingerprint density at radius 3 is 2.20 bits per heavy atom. The minimum Gasteiger partial charge on any atom is -0.493 e. The van der Waals surface area contributed by atoms with Gasteiger partial charge in [-0.15, -0.1) is 10.2 Å². The van der Waals surface area contributed by atoms with Crippen LogP contribution in [0, 0.1) is 18.3 Å². The van der Waals surface area contributed by atoms with Gasteiger partial charge in [0.25, 0.3) is 5.56 Å².